The minimum absolute atomic E-state index is 0. The van der Waals surface area contributed by atoms with Gasteiger partial charge in [-0.2, -0.15) is 0 Å². The molecule has 0 rings (SSSR count). The Balaban J connectivity index is 0. The second-order valence-corrected chi connectivity index (χ2v) is 2.82. The van der Waals surface area contributed by atoms with Gasteiger partial charge in [0.15, 0.2) is 0 Å². The highest BCUT2D eigenvalue weighted by Crippen LogP contribution is 2.20. The summed E-state index contributed by atoms with van der Waals surface area (Å²) >= 11 is 0. The second-order valence-electron chi connectivity index (χ2n) is 2.82. The Bertz CT molecular complexity index is 138. The Morgan fingerprint density at radius 2 is 2.00 bits per heavy atom. The Kier molecular flexibility index (Phi) is 7.16. The maximum Gasteiger partial charge on any atom is 0.0867 e. The third-order valence-electron chi connectivity index (χ3n) is 1.88. The van der Waals surface area contributed by atoms with Gasteiger partial charge in [0.25, 0.3) is 0 Å². The number of nitrogens with zero attached hydrogens (tertiary/aromatic N) is 1. The molecule has 3 nitrogen and oxygen atoms in total. The standard InChI is InChI=1S/C8H16N2.H3N/c1-4-6-8(3,5-2)10-7-9;/h9H,4-6H2,1-3H3;1H3. The molecule has 0 bridgehead atoms. The molecule has 0 fully saturated rings. The number of aliphatic imine (C=N–C) groups is 1. The highest BCUT2D eigenvalue weighted by atomic mass is 14.8. The lowest BCUT2D eigenvalue weighted by atomic mass is 9.94. The molecule has 3 heteroatoms. The Labute approximate surface area is 69.0 Å². The summed E-state index contributed by atoms with van der Waals surface area (Å²) in [4.78, 5) is 3.98. The van der Waals surface area contributed by atoms with Gasteiger partial charge in [0.05, 0.1) is 11.5 Å². The average Bonchev–Trinajstić information content (AvgIpc) is 1.89. The van der Waals surface area contributed by atoms with Crippen LogP contribution in [0.5, 0.6) is 0 Å². The number of hydrogen-bond donors (Lipinski definition) is 2. The molecule has 0 aromatic carbocycles. The predicted molar refractivity (Wildman–Crippen MR) is 48.8 cm³/mol. The van der Waals surface area contributed by atoms with Crippen molar-refractivity contribution in [2.24, 2.45) is 4.99 Å². The molecule has 0 radical (unpaired) electrons. The Morgan fingerprint density at radius 3 is 2.27 bits per heavy atom. The average molecular weight is 157 g/mol. The zero-order valence-electron chi connectivity index (χ0n) is 7.78. The zero-order valence-corrected chi connectivity index (χ0v) is 7.78. The lowest BCUT2D eigenvalue weighted by Gasteiger charge is -2.20. The Hall–Kier alpha value is -0.660. The molecule has 0 aliphatic rings. The van der Waals surface area contributed by atoms with E-state index in [1.54, 1.807) is 0 Å². The van der Waals surface area contributed by atoms with E-state index in [1.807, 2.05) is 0 Å². The van der Waals surface area contributed by atoms with Crippen LogP contribution in [-0.4, -0.2) is 11.5 Å². The molecular weight excluding hydrogens is 138 g/mol. The summed E-state index contributed by atoms with van der Waals surface area (Å²) in [6.07, 6.45) is 3.16. The van der Waals surface area contributed by atoms with Crippen molar-refractivity contribution < 1.29 is 0 Å². The van der Waals surface area contributed by atoms with Crippen LogP contribution >= 0.6 is 0 Å². The lowest BCUT2D eigenvalue weighted by Crippen LogP contribution is -2.19. The molecule has 0 heterocycles. The Morgan fingerprint density at radius 1 is 1.45 bits per heavy atom. The summed E-state index contributed by atoms with van der Waals surface area (Å²) in [5.74, 6) is 0. The monoisotopic (exact) mass is 157 g/mol. The minimum Gasteiger partial charge on any atom is -0.344 e. The zero-order chi connectivity index (χ0) is 8.04. The van der Waals surface area contributed by atoms with Gasteiger partial charge < -0.3 is 6.15 Å². The van der Waals surface area contributed by atoms with Crippen LogP contribution in [0.25, 0.3) is 0 Å². The van der Waals surface area contributed by atoms with Crippen molar-refractivity contribution in [2.45, 2.75) is 45.6 Å². The fraction of sp³-hybridized carbons (Fsp3) is 0.875. The smallest absolute Gasteiger partial charge is 0.0867 e. The number of nitrogens with one attached hydrogen (secondary N) is 1. The van der Waals surface area contributed by atoms with Crippen molar-refractivity contribution in [3.05, 3.63) is 0 Å². The van der Waals surface area contributed by atoms with Gasteiger partial charge in [-0.1, -0.05) is 20.3 Å². The highest BCUT2D eigenvalue weighted by Gasteiger charge is 2.18. The topological polar surface area (TPSA) is 71.2 Å². The SMILES string of the molecule is CCCC(C)(CC)N=C=N.N. The molecule has 0 aliphatic carbocycles. The van der Waals surface area contributed by atoms with Crippen LogP contribution in [0.2, 0.25) is 0 Å². The maximum absolute atomic E-state index is 6.72. The first-order valence-electron chi connectivity index (χ1n) is 3.82. The minimum atomic E-state index is -0.0312. The van der Waals surface area contributed by atoms with Gasteiger partial charge in [-0.15, -0.1) is 0 Å². The first-order chi connectivity index (χ1) is 4.68. The van der Waals surface area contributed by atoms with Crippen molar-refractivity contribution in [1.82, 2.24) is 6.15 Å². The van der Waals surface area contributed by atoms with Crippen molar-refractivity contribution in [2.75, 3.05) is 0 Å². The molecule has 0 saturated carbocycles. The fourth-order valence-corrected chi connectivity index (χ4v) is 0.985. The predicted octanol–water partition coefficient (Wildman–Crippen LogP) is 2.87. The summed E-state index contributed by atoms with van der Waals surface area (Å²) in [6.45, 7) is 6.29. The highest BCUT2D eigenvalue weighted by molar-refractivity contribution is 5.37. The first kappa shape index (κ1) is 13.0. The largest absolute Gasteiger partial charge is 0.344 e. The van der Waals surface area contributed by atoms with E-state index in [-0.39, 0.29) is 11.7 Å². The van der Waals surface area contributed by atoms with Crippen molar-refractivity contribution >= 4 is 6.01 Å². The van der Waals surface area contributed by atoms with Crippen LogP contribution in [0.1, 0.15) is 40.0 Å². The number of hydrogen-bond acceptors (Lipinski definition) is 3. The molecule has 0 aromatic heterocycles. The molecule has 11 heavy (non-hydrogen) atoms. The molecule has 0 saturated heterocycles. The van der Waals surface area contributed by atoms with E-state index in [1.165, 1.54) is 0 Å². The molecule has 1 unspecified atom stereocenters. The maximum atomic E-state index is 6.72. The van der Waals surface area contributed by atoms with Crippen molar-refractivity contribution in [1.29, 1.82) is 5.41 Å². The molecule has 0 aromatic rings. The van der Waals surface area contributed by atoms with E-state index in [0.717, 1.165) is 19.3 Å². The molecule has 0 amide bonds. The second kappa shape index (κ2) is 6.08. The van der Waals surface area contributed by atoms with E-state index >= 15 is 0 Å². The van der Waals surface area contributed by atoms with E-state index in [2.05, 4.69) is 31.8 Å². The van der Waals surface area contributed by atoms with Gasteiger partial charge >= 0.3 is 0 Å². The quantitative estimate of drug-likeness (QED) is 0.605. The molecule has 66 valence electrons. The van der Waals surface area contributed by atoms with E-state index in [9.17, 15) is 0 Å². The van der Waals surface area contributed by atoms with Crippen LogP contribution in [0.4, 0.5) is 0 Å². The molecule has 1 atom stereocenters. The molecule has 0 spiro atoms. The number of rotatable bonds is 4. The normalized spacial score (nSPS) is 14.1. The van der Waals surface area contributed by atoms with Crippen LogP contribution < -0.4 is 6.15 Å². The summed E-state index contributed by atoms with van der Waals surface area (Å²) in [6, 6.07) is 2.12. The lowest BCUT2D eigenvalue weighted by molar-refractivity contribution is 0.419. The van der Waals surface area contributed by atoms with Crippen LogP contribution in [0.3, 0.4) is 0 Å². The van der Waals surface area contributed by atoms with Crippen LogP contribution in [-0.2, 0) is 0 Å². The third-order valence-corrected chi connectivity index (χ3v) is 1.88. The van der Waals surface area contributed by atoms with Crippen molar-refractivity contribution in [3.63, 3.8) is 0 Å². The van der Waals surface area contributed by atoms with E-state index in [4.69, 9.17) is 5.41 Å². The van der Waals surface area contributed by atoms with Gasteiger partial charge in [0, 0.05) is 0 Å². The fourth-order valence-electron chi connectivity index (χ4n) is 0.985. The summed E-state index contributed by atoms with van der Waals surface area (Å²) in [5, 5.41) is 6.72. The van der Waals surface area contributed by atoms with E-state index in [0.29, 0.717) is 0 Å². The van der Waals surface area contributed by atoms with Crippen LogP contribution in [0, 0.1) is 5.41 Å². The van der Waals surface area contributed by atoms with Crippen molar-refractivity contribution in [3.8, 4) is 0 Å². The molecule has 0 aliphatic heterocycles. The summed E-state index contributed by atoms with van der Waals surface area (Å²) in [7, 11) is 0. The summed E-state index contributed by atoms with van der Waals surface area (Å²) in [5.41, 5.74) is -0.0312. The van der Waals surface area contributed by atoms with Gasteiger partial charge in [-0.3, -0.25) is 0 Å². The first-order valence-corrected chi connectivity index (χ1v) is 3.82. The molecule has 4 N–H and O–H groups in total. The van der Waals surface area contributed by atoms with Gasteiger partial charge in [-0.05, 0) is 19.8 Å². The van der Waals surface area contributed by atoms with E-state index < -0.39 is 0 Å². The third kappa shape index (κ3) is 4.71. The van der Waals surface area contributed by atoms with Gasteiger partial charge in [-0.25, -0.2) is 10.4 Å². The summed E-state index contributed by atoms with van der Waals surface area (Å²) < 4.78 is 0. The van der Waals surface area contributed by atoms with Gasteiger partial charge in [0.1, 0.15) is 0 Å². The van der Waals surface area contributed by atoms with Gasteiger partial charge in [0.2, 0.25) is 0 Å². The molecular formula is C8H19N3. The van der Waals surface area contributed by atoms with Crippen LogP contribution in [0.15, 0.2) is 4.99 Å².